The first-order valence-electron chi connectivity index (χ1n) is 11.7. The summed E-state index contributed by atoms with van der Waals surface area (Å²) in [6, 6.07) is 17.3. The first-order chi connectivity index (χ1) is 16.7. The van der Waals surface area contributed by atoms with E-state index in [1.54, 1.807) is 14.1 Å². The smallest absolute Gasteiger partial charge is 0.410 e. The van der Waals surface area contributed by atoms with Crippen molar-refractivity contribution in [3.63, 3.8) is 0 Å². The number of nitrogens with one attached hydrogen (secondary N) is 1. The molecule has 2 unspecified atom stereocenters. The highest BCUT2D eigenvalue weighted by molar-refractivity contribution is 5.71. The number of carbonyl (C=O) groups excluding carboxylic acids is 1. The predicted molar refractivity (Wildman–Crippen MR) is 136 cm³/mol. The van der Waals surface area contributed by atoms with Crippen molar-refractivity contribution in [1.82, 2.24) is 9.91 Å². The summed E-state index contributed by atoms with van der Waals surface area (Å²) in [5, 5.41) is 14.1. The van der Waals surface area contributed by atoms with Crippen LogP contribution in [0.2, 0.25) is 0 Å². The first-order valence-corrected chi connectivity index (χ1v) is 11.7. The zero-order valence-corrected chi connectivity index (χ0v) is 20.3. The van der Waals surface area contributed by atoms with E-state index < -0.39 is 12.1 Å². The number of carbonyl (C=O) groups is 2. The van der Waals surface area contributed by atoms with Gasteiger partial charge in [0.05, 0.1) is 17.3 Å². The molecule has 0 saturated heterocycles. The zero-order chi connectivity index (χ0) is 25.4. The second-order valence-corrected chi connectivity index (χ2v) is 8.99. The number of amides is 1. The summed E-state index contributed by atoms with van der Waals surface area (Å²) in [7, 11) is 3.31. The van der Waals surface area contributed by atoms with E-state index in [4.69, 9.17) is 16.3 Å². The summed E-state index contributed by atoms with van der Waals surface area (Å²) in [4.78, 5) is 25.3. The highest BCUT2D eigenvalue weighted by atomic mass is 16.6. The van der Waals surface area contributed by atoms with Crippen molar-refractivity contribution in [3.8, 4) is 0 Å². The van der Waals surface area contributed by atoms with Gasteiger partial charge in [-0.1, -0.05) is 48.9 Å². The molecule has 9 nitrogen and oxygen atoms in total. The number of carboxylic acid groups (broad SMARTS) is 1. The third-order valence-corrected chi connectivity index (χ3v) is 6.23. The summed E-state index contributed by atoms with van der Waals surface area (Å²) in [6.45, 7) is 0.352. The fourth-order valence-electron chi connectivity index (χ4n) is 4.23. The Kier molecular flexibility index (Phi) is 8.97. The van der Waals surface area contributed by atoms with Crippen LogP contribution in [0.25, 0.3) is 5.70 Å². The summed E-state index contributed by atoms with van der Waals surface area (Å²) >= 11 is 0. The molecule has 1 fully saturated rings. The highest BCUT2D eigenvalue weighted by Gasteiger charge is 2.26. The quantitative estimate of drug-likeness (QED) is 0.316. The molecule has 0 aliphatic heterocycles. The number of hydrazine groups is 1. The molecule has 2 aromatic carbocycles. The molecule has 1 saturated carbocycles. The molecule has 2 atom stereocenters. The largest absolute Gasteiger partial charge is 0.481 e. The number of aliphatic carboxylic acids is 1. The lowest BCUT2D eigenvalue weighted by atomic mass is 9.85. The van der Waals surface area contributed by atoms with E-state index in [9.17, 15) is 14.7 Å². The van der Waals surface area contributed by atoms with E-state index in [1.807, 2.05) is 54.6 Å². The fraction of sp³-hybridized carbons (Fsp3) is 0.385. The van der Waals surface area contributed by atoms with Gasteiger partial charge in [0.1, 0.15) is 6.61 Å². The maximum atomic E-state index is 12.5. The number of benzene rings is 2. The Hall–Kier alpha value is -3.72. The van der Waals surface area contributed by atoms with E-state index in [0.717, 1.165) is 36.1 Å². The number of ether oxygens (including phenoxy) is 1. The SMILES string of the molecule is CN(Cc1ccccc1)C(=O)OC/C(=C(/N)c1ccc(NC2CCCC(C(=O)O)C2)cc1)N(C)N. The van der Waals surface area contributed by atoms with Crippen LogP contribution in [-0.2, 0) is 16.1 Å². The van der Waals surface area contributed by atoms with Crippen molar-refractivity contribution in [2.24, 2.45) is 17.5 Å². The maximum Gasteiger partial charge on any atom is 0.410 e. The molecule has 1 aliphatic carbocycles. The Bertz CT molecular complexity index is 1020. The molecule has 0 spiro atoms. The van der Waals surface area contributed by atoms with Crippen molar-refractivity contribution < 1.29 is 19.4 Å². The van der Waals surface area contributed by atoms with Gasteiger partial charge < -0.3 is 30.8 Å². The van der Waals surface area contributed by atoms with Crippen molar-refractivity contribution >= 4 is 23.4 Å². The molecule has 0 bridgehead atoms. The maximum absolute atomic E-state index is 12.5. The van der Waals surface area contributed by atoms with Crippen molar-refractivity contribution in [2.75, 3.05) is 26.0 Å². The van der Waals surface area contributed by atoms with Crippen LogP contribution in [0, 0.1) is 5.92 Å². The number of likely N-dealkylation sites (N-methyl/N-ethyl adjacent to an activating group) is 1. The molecule has 0 heterocycles. The van der Waals surface area contributed by atoms with Gasteiger partial charge in [0.25, 0.3) is 0 Å². The Morgan fingerprint density at radius 1 is 1.09 bits per heavy atom. The topological polar surface area (TPSA) is 134 Å². The van der Waals surface area contributed by atoms with Gasteiger partial charge in [0, 0.05) is 32.4 Å². The van der Waals surface area contributed by atoms with Crippen LogP contribution in [0.15, 0.2) is 60.3 Å². The first kappa shape index (κ1) is 25.9. The Balaban J connectivity index is 1.61. The summed E-state index contributed by atoms with van der Waals surface area (Å²) < 4.78 is 5.46. The molecule has 6 N–H and O–H groups in total. The van der Waals surface area contributed by atoms with Crippen molar-refractivity contribution in [3.05, 3.63) is 71.4 Å². The van der Waals surface area contributed by atoms with Crippen LogP contribution in [0.1, 0.15) is 36.8 Å². The number of carboxylic acids is 1. The Morgan fingerprint density at radius 2 is 1.77 bits per heavy atom. The van der Waals surface area contributed by atoms with Gasteiger partial charge in [-0.25, -0.2) is 10.6 Å². The minimum absolute atomic E-state index is 0.0740. The molecule has 2 aromatic rings. The Morgan fingerprint density at radius 3 is 2.40 bits per heavy atom. The van der Waals surface area contributed by atoms with Crippen molar-refractivity contribution in [2.45, 2.75) is 38.3 Å². The number of nitrogens with zero attached hydrogens (tertiary/aromatic N) is 2. The average Bonchev–Trinajstić information content (AvgIpc) is 2.85. The van der Waals surface area contributed by atoms with E-state index in [-0.39, 0.29) is 18.6 Å². The van der Waals surface area contributed by atoms with Gasteiger partial charge in [-0.05, 0) is 42.5 Å². The van der Waals surface area contributed by atoms with E-state index >= 15 is 0 Å². The zero-order valence-electron chi connectivity index (χ0n) is 20.3. The highest BCUT2D eigenvalue weighted by Crippen LogP contribution is 2.27. The fourth-order valence-corrected chi connectivity index (χ4v) is 4.23. The van der Waals surface area contributed by atoms with Crippen LogP contribution in [0.3, 0.4) is 0 Å². The minimum Gasteiger partial charge on any atom is -0.481 e. The van der Waals surface area contributed by atoms with Crippen LogP contribution in [0.4, 0.5) is 10.5 Å². The molecule has 35 heavy (non-hydrogen) atoms. The molecule has 1 aliphatic rings. The Labute approximate surface area is 206 Å². The van der Waals surface area contributed by atoms with E-state index in [2.05, 4.69) is 5.32 Å². The normalized spacial score (nSPS) is 18.3. The number of hydrogen-bond acceptors (Lipinski definition) is 7. The second kappa shape index (κ2) is 12.1. The van der Waals surface area contributed by atoms with Crippen LogP contribution in [0.5, 0.6) is 0 Å². The predicted octanol–water partition coefficient (Wildman–Crippen LogP) is 3.44. The van der Waals surface area contributed by atoms with Gasteiger partial charge >= 0.3 is 12.1 Å². The minimum atomic E-state index is -0.727. The third-order valence-electron chi connectivity index (χ3n) is 6.23. The number of anilines is 1. The lowest BCUT2D eigenvalue weighted by Crippen LogP contribution is -2.33. The summed E-state index contributed by atoms with van der Waals surface area (Å²) in [5.74, 6) is 4.96. The van der Waals surface area contributed by atoms with E-state index in [0.29, 0.717) is 24.4 Å². The third kappa shape index (κ3) is 7.38. The summed E-state index contributed by atoms with van der Waals surface area (Å²) in [6.07, 6.45) is 2.71. The van der Waals surface area contributed by atoms with Crippen LogP contribution < -0.4 is 16.9 Å². The van der Waals surface area contributed by atoms with Gasteiger partial charge in [-0.15, -0.1) is 0 Å². The lowest BCUT2D eigenvalue weighted by molar-refractivity contribution is -0.142. The van der Waals surface area contributed by atoms with Crippen LogP contribution >= 0.6 is 0 Å². The van der Waals surface area contributed by atoms with Gasteiger partial charge in [0.2, 0.25) is 0 Å². The van der Waals surface area contributed by atoms with E-state index in [1.165, 1.54) is 9.91 Å². The molecule has 0 radical (unpaired) electrons. The number of nitrogens with two attached hydrogens (primary N) is 2. The molecular formula is C26H35N5O4. The second-order valence-electron chi connectivity index (χ2n) is 8.99. The lowest BCUT2D eigenvalue weighted by Gasteiger charge is -2.28. The number of hydrogen-bond donors (Lipinski definition) is 4. The van der Waals surface area contributed by atoms with Crippen LogP contribution in [-0.4, -0.2) is 53.8 Å². The monoisotopic (exact) mass is 481 g/mol. The number of rotatable bonds is 9. The average molecular weight is 482 g/mol. The molecular weight excluding hydrogens is 446 g/mol. The van der Waals surface area contributed by atoms with Gasteiger partial charge in [0.15, 0.2) is 0 Å². The molecule has 1 amide bonds. The van der Waals surface area contributed by atoms with Crippen molar-refractivity contribution in [1.29, 1.82) is 0 Å². The molecule has 3 rings (SSSR count). The molecule has 9 heteroatoms. The van der Waals surface area contributed by atoms with Gasteiger partial charge in [-0.3, -0.25) is 4.79 Å². The molecule has 0 aromatic heterocycles. The molecule has 188 valence electrons. The standard InChI is InChI=1S/C26H35N5O4/c1-30(16-18-7-4-3-5-8-18)26(34)35-17-23(31(2)28)24(27)19-11-13-21(14-12-19)29-22-10-6-9-20(15-22)25(32)33/h3-5,7-8,11-14,20,22,29H,6,9-10,15-17,27-28H2,1-2H3,(H,32,33)/b24-23-. The summed E-state index contributed by atoms with van der Waals surface area (Å²) in [5.41, 5.74) is 9.90. The van der Waals surface area contributed by atoms with Gasteiger partial charge in [-0.2, -0.15) is 0 Å².